The molecule has 26 heavy (non-hydrogen) atoms. The molecule has 1 aliphatic rings. The van der Waals surface area contributed by atoms with E-state index < -0.39 is 10.0 Å². The third-order valence-corrected chi connectivity index (χ3v) is 7.03. The number of aryl methyl sites for hydroxylation is 1. The van der Waals surface area contributed by atoms with Gasteiger partial charge < -0.3 is 5.32 Å². The fourth-order valence-corrected chi connectivity index (χ4v) is 4.78. The number of amides is 1. The lowest BCUT2D eigenvalue weighted by molar-refractivity contribution is -0.118. The first-order valence-corrected chi connectivity index (χ1v) is 11.0. The maximum atomic E-state index is 12.5. The van der Waals surface area contributed by atoms with E-state index in [4.69, 9.17) is 0 Å². The molecular weight excluding hydrogens is 368 g/mol. The Kier molecular flexibility index (Phi) is 6.01. The van der Waals surface area contributed by atoms with E-state index in [-0.39, 0.29) is 16.7 Å². The molecule has 1 unspecified atom stereocenters. The van der Waals surface area contributed by atoms with E-state index in [1.807, 2.05) is 37.3 Å². The van der Waals surface area contributed by atoms with E-state index in [2.05, 4.69) is 10.0 Å². The van der Waals surface area contributed by atoms with Crippen molar-refractivity contribution in [1.82, 2.24) is 4.72 Å². The zero-order valence-electron chi connectivity index (χ0n) is 14.6. The van der Waals surface area contributed by atoms with E-state index in [9.17, 15) is 13.2 Å². The fraction of sp³-hybridized carbons (Fsp3) is 0.316. The number of hydrogen-bond acceptors (Lipinski definition) is 4. The van der Waals surface area contributed by atoms with Crippen molar-refractivity contribution in [3.63, 3.8) is 0 Å². The topological polar surface area (TPSA) is 75.3 Å². The van der Waals surface area contributed by atoms with Crippen molar-refractivity contribution in [3.05, 3.63) is 54.1 Å². The summed E-state index contributed by atoms with van der Waals surface area (Å²) >= 11 is 1.56. The summed E-state index contributed by atoms with van der Waals surface area (Å²) in [6.45, 7) is 2.23. The molecule has 1 atom stereocenters. The van der Waals surface area contributed by atoms with Crippen molar-refractivity contribution in [1.29, 1.82) is 0 Å². The summed E-state index contributed by atoms with van der Waals surface area (Å²) in [5.74, 6) is 0.494. The highest BCUT2D eigenvalue weighted by Crippen LogP contribution is 2.34. The third-order valence-electron chi connectivity index (χ3n) is 4.23. The van der Waals surface area contributed by atoms with Crippen LogP contribution in [0.4, 0.5) is 5.69 Å². The normalized spacial score (nSPS) is 17.3. The molecule has 0 fully saturated rings. The highest BCUT2D eigenvalue weighted by atomic mass is 32.2. The minimum atomic E-state index is -3.60. The third kappa shape index (κ3) is 4.66. The van der Waals surface area contributed by atoms with E-state index in [0.29, 0.717) is 18.0 Å². The van der Waals surface area contributed by atoms with Gasteiger partial charge >= 0.3 is 0 Å². The van der Waals surface area contributed by atoms with Gasteiger partial charge in [0.15, 0.2) is 0 Å². The van der Waals surface area contributed by atoms with Crippen molar-refractivity contribution < 1.29 is 13.2 Å². The fourth-order valence-electron chi connectivity index (χ4n) is 2.67. The number of fused-ring (bicyclic) bond motifs is 1. The molecule has 7 heteroatoms. The summed E-state index contributed by atoms with van der Waals surface area (Å²) in [4.78, 5) is 13.1. The molecule has 5 nitrogen and oxygen atoms in total. The second-order valence-corrected chi connectivity index (χ2v) is 9.17. The quantitative estimate of drug-likeness (QED) is 0.742. The zero-order valence-corrected chi connectivity index (χ0v) is 16.2. The smallest absolute Gasteiger partial charge is 0.240 e. The van der Waals surface area contributed by atoms with Gasteiger partial charge in [-0.2, -0.15) is 0 Å². The number of carbonyl (C=O) groups excluding carboxylic acids is 1. The Morgan fingerprint density at radius 2 is 1.96 bits per heavy atom. The second-order valence-electron chi connectivity index (χ2n) is 6.35. The minimum absolute atomic E-state index is 0.0818. The summed E-state index contributed by atoms with van der Waals surface area (Å²) in [6.07, 6.45) is 1.54. The van der Waals surface area contributed by atoms with Crippen molar-refractivity contribution in [3.8, 4) is 0 Å². The monoisotopic (exact) mass is 390 g/mol. The lowest BCUT2D eigenvalue weighted by Crippen LogP contribution is -2.25. The maximum Gasteiger partial charge on any atom is 0.240 e. The molecule has 2 aromatic rings. The van der Waals surface area contributed by atoms with E-state index >= 15 is 0 Å². The number of rotatable bonds is 6. The Morgan fingerprint density at radius 1 is 1.19 bits per heavy atom. The first kappa shape index (κ1) is 18.9. The number of benzene rings is 2. The number of anilines is 1. The van der Waals surface area contributed by atoms with Crippen LogP contribution in [-0.4, -0.2) is 26.6 Å². The van der Waals surface area contributed by atoms with Crippen LogP contribution in [0, 0.1) is 5.92 Å². The van der Waals surface area contributed by atoms with Crippen LogP contribution in [-0.2, 0) is 21.2 Å². The summed E-state index contributed by atoms with van der Waals surface area (Å²) in [5, 5.41) is 2.82. The van der Waals surface area contributed by atoms with Gasteiger partial charge in [0.25, 0.3) is 0 Å². The molecule has 0 saturated heterocycles. The Balaban J connectivity index is 1.64. The van der Waals surface area contributed by atoms with Crippen molar-refractivity contribution in [2.75, 3.05) is 17.6 Å². The largest absolute Gasteiger partial charge is 0.325 e. The van der Waals surface area contributed by atoms with Crippen LogP contribution in [0.5, 0.6) is 0 Å². The van der Waals surface area contributed by atoms with Gasteiger partial charge in [0.05, 0.1) is 10.6 Å². The summed E-state index contributed by atoms with van der Waals surface area (Å²) in [5.41, 5.74) is 1.75. The summed E-state index contributed by atoms with van der Waals surface area (Å²) in [7, 11) is -3.60. The molecule has 1 amide bonds. The Hall–Kier alpha value is -1.83. The predicted molar refractivity (Wildman–Crippen MR) is 105 cm³/mol. The molecule has 2 N–H and O–H groups in total. The molecule has 138 valence electrons. The molecule has 0 saturated carbocycles. The first-order valence-electron chi connectivity index (χ1n) is 8.57. The Bertz CT molecular complexity index is 883. The zero-order chi connectivity index (χ0) is 18.6. The predicted octanol–water partition coefficient (Wildman–Crippen LogP) is 3.28. The van der Waals surface area contributed by atoms with Crippen molar-refractivity contribution in [2.24, 2.45) is 5.92 Å². The lowest BCUT2D eigenvalue weighted by Gasteiger charge is -2.11. The average Bonchev–Trinajstić information content (AvgIpc) is 2.78. The van der Waals surface area contributed by atoms with Crippen LogP contribution in [0.3, 0.4) is 0 Å². The molecule has 0 aliphatic carbocycles. The van der Waals surface area contributed by atoms with Gasteiger partial charge in [-0.05, 0) is 36.6 Å². The minimum Gasteiger partial charge on any atom is -0.325 e. The van der Waals surface area contributed by atoms with Gasteiger partial charge in [0.2, 0.25) is 15.9 Å². The van der Waals surface area contributed by atoms with Crippen LogP contribution in [0.1, 0.15) is 18.9 Å². The lowest BCUT2D eigenvalue weighted by atomic mass is 10.1. The van der Waals surface area contributed by atoms with Crippen LogP contribution in [0.2, 0.25) is 0 Å². The molecule has 1 heterocycles. The van der Waals surface area contributed by atoms with Gasteiger partial charge in [-0.1, -0.05) is 37.3 Å². The van der Waals surface area contributed by atoms with E-state index in [1.165, 1.54) is 11.6 Å². The molecule has 2 aromatic carbocycles. The first-order chi connectivity index (χ1) is 12.5. The van der Waals surface area contributed by atoms with E-state index in [0.717, 1.165) is 17.7 Å². The maximum absolute atomic E-state index is 12.5. The molecular formula is C19H22N2O3S2. The molecule has 0 radical (unpaired) electrons. The Morgan fingerprint density at radius 3 is 2.73 bits per heavy atom. The highest BCUT2D eigenvalue weighted by Gasteiger charge is 2.22. The van der Waals surface area contributed by atoms with Gasteiger partial charge in [-0.15, -0.1) is 11.8 Å². The van der Waals surface area contributed by atoms with Crippen LogP contribution in [0.15, 0.2) is 58.3 Å². The molecule has 1 aliphatic heterocycles. The number of nitrogens with one attached hydrogen (secondary N) is 2. The van der Waals surface area contributed by atoms with Gasteiger partial charge in [-0.25, -0.2) is 13.1 Å². The van der Waals surface area contributed by atoms with Crippen molar-refractivity contribution >= 4 is 33.4 Å². The van der Waals surface area contributed by atoms with E-state index in [1.54, 1.807) is 23.9 Å². The summed E-state index contributed by atoms with van der Waals surface area (Å²) in [6, 6.07) is 14.9. The standard InChI is InChI=1S/C19H22N2O3S2/c1-14-13-25-18-10-9-16(12-17(18)21-19(14)22)26(23,24)20-11-5-8-15-6-3-2-4-7-15/h2-4,6-7,9-10,12,14,20H,5,8,11,13H2,1H3,(H,21,22). The van der Waals surface area contributed by atoms with Crippen LogP contribution >= 0.6 is 11.8 Å². The van der Waals surface area contributed by atoms with Gasteiger partial charge in [-0.3, -0.25) is 4.79 Å². The number of sulfonamides is 1. The highest BCUT2D eigenvalue weighted by molar-refractivity contribution is 7.99. The molecule has 3 rings (SSSR count). The van der Waals surface area contributed by atoms with Gasteiger partial charge in [0.1, 0.15) is 0 Å². The average molecular weight is 391 g/mol. The van der Waals surface area contributed by atoms with Crippen molar-refractivity contribution in [2.45, 2.75) is 29.6 Å². The molecule has 0 bridgehead atoms. The van der Waals surface area contributed by atoms with Crippen LogP contribution < -0.4 is 10.0 Å². The summed E-state index contributed by atoms with van der Waals surface area (Å²) < 4.78 is 27.7. The van der Waals surface area contributed by atoms with Crippen LogP contribution in [0.25, 0.3) is 0 Å². The number of thioether (sulfide) groups is 1. The second kappa shape index (κ2) is 8.24. The number of carbonyl (C=O) groups is 1. The van der Waals surface area contributed by atoms with Gasteiger partial charge in [0, 0.05) is 23.1 Å². The Labute approximate surface area is 158 Å². The number of hydrogen-bond donors (Lipinski definition) is 2. The SMILES string of the molecule is CC1CSc2ccc(S(=O)(=O)NCCCc3ccccc3)cc2NC1=O. The molecule has 0 spiro atoms. The molecule has 0 aromatic heterocycles.